The van der Waals surface area contributed by atoms with Gasteiger partial charge in [0, 0.05) is 24.2 Å². The van der Waals surface area contributed by atoms with Crippen LogP contribution < -0.4 is 5.32 Å². The van der Waals surface area contributed by atoms with E-state index in [1.807, 2.05) is 24.3 Å². The number of hydrogen-bond acceptors (Lipinski definition) is 3. The molecule has 1 aromatic carbocycles. The number of para-hydroxylation sites is 2. The fourth-order valence-electron chi connectivity index (χ4n) is 3.35. The Morgan fingerprint density at radius 2 is 2.04 bits per heavy atom. The minimum absolute atomic E-state index is 0.0921. The van der Waals surface area contributed by atoms with Gasteiger partial charge in [-0.15, -0.1) is 0 Å². The summed E-state index contributed by atoms with van der Waals surface area (Å²) >= 11 is 0. The predicted molar refractivity (Wildman–Crippen MR) is 92.0 cm³/mol. The third-order valence-corrected chi connectivity index (χ3v) is 4.61. The van der Waals surface area contributed by atoms with Crippen molar-refractivity contribution in [2.75, 3.05) is 6.54 Å². The molecule has 0 saturated heterocycles. The Morgan fingerprint density at radius 3 is 2.96 bits per heavy atom. The maximum Gasteiger partial charge on any atom is 0.272 e. The third kappa shape index (κ3) is 2.91. The minimum Gasteiger partial charge on any atom is -0.350 e. The number of aromatic amines is 2. The maximum atomic E-state index is 12.4. The van der Waals surface area contributed by atoms with Crippen molar-refractivity contribution < 1.29 is 4.79 Å². The van der Waals surface area contributed by atoms with E-state index in [1.54, 1.807) is 0 Å². The van der Waals surface area contributed by atoms with E-state index in [1.165, 1.54) is 12.8 Å². The highest BCUT2D eigenvalue weighted by Gasteiger charge is 2.20. The number of nitrogens with zero attached hydrogens (tertiary/aromatic N) is 2. The summed E-state index contributed by atoms with van der Waals surface area (Å²) in [7, 11) is 0. The number of nitrogens with one attached hydrogen (secondary N) is 3. The molecule has 0 unspecified atom stereocenters. The van der Waals surface area contributed by atoms with Crippen molar-refractivity contribution in [1.29, 1.82) is 0 Å². The van der Waals surface area contributed by atoms with Crippen LogP contribution in [-0.2, 0) is 19.3 Å². The van der Waals surface area contributed by atoms with Crippen LogP contribution in [0.5, 0.6) is 0 Å². The molecule has 3 N–H and O–H groups in total. The Balaban J connectivity index is 1.39. The molecule has 6 heteroatoms. The Bertz CT molecular complexity index is 830. The number of H-pyrrole nitrogens is 2. The zero-order chi connectivity index (χ0) is 16.4. The van der Waals surface area contributed by atoms with Crippen molar-refractivity contribution in [3.05, 3.63) is 47.0 Å². The molecule has 0 spiro atoms. The van der Waals surface area contributed by atoms with Crippen LogP contribution in [0.4, 0.5) is 0 Å². The lowest BCUT2D eigenvalue weighted by molar-refractivity contribution is 0.0948. The SMILES string of the molecule is O=C(NCCc1nc2ccccc2[nH]1)c1n[nH]c2c1CCCCC2. The highest BCUT2D eigenvalue weighted by atomic mass is 16.1. The zero-order valence-electron chi connectivity index (χ0n) is 13.6. The van der Waals surface area contributed by atoms with Gasteiger partial charge in [-0.25, -0.2) is 4.98 Å². The number of benzene rings is 1. The molecule has 3 aromatic rings. The van der Waals surface area contributed by atoms with Crippen molar-refractivity contribution in [2.24, 2.45) is 0 Å². The van der Waals surface area contributed by atoms with Gasteiger partial charge in [0.1, 0.15) is 5.82 Å². The number of hydrogen-bond donors (Lipinski definition) is 3. The first kappa shape index (κ1) is 14.9. The molecule has 124 valence electrons. The largest absolute Gasteiger partial charge is 0.350 e. The van der Waals surface area contributed by atoms with Gasteiger partial charge >= 0.3 is 0 Å². The van der Waals surface area contributed by atoms with Gasteiger partial charge in [-0.05, 0) is 37.8 Å². The second-order valence-corrected chi connectivity index (χ2v) is 6.30. The first-order valence-electron chi connectivity index (χ1n) is 8.59. The molecule has 2 heterocycles. The molecule has 0 fully saturated rings. The molecule has 0 saturated carbocycles. The molecule has 0 radical (unpaired) electrons. The molecule has 0 aliphatic heterocycles. The highest BCUT2D eigenvalue weighted by Crippen LogP contribution is 2.21. The van der Waals surface area contributed by atoms with Gasteiger partial charge in [-0.1, -0.05) is 18.6 Å². The third-order valence-electron chi connectivity index (χ3n) is 4.61. The minimum atomic E-state index is -0.0921. The van der Waals surface area contributed by atoms with Crippen LogP contribution in [0.2, 0.25) is 0 Å². The fourth-order valence-corrected chi connectivity index (χ4v) is 3.35. The van der Waals surface area contributed by atoms with Crippen molar-refractivity contribution in [3.8, 4) is 0 Å². The van der Waals surface area contributed by atoms with E-state index in [0.717, 1.165) is 47.4 Å². The number of aryl methyl sites for hydroxylation is 1. The van der Waals surface area contributed by atoms with E-state index in [9.17, 15) is 4.79 Å². The lowest BCUT2D eigenvalue weighted by Crippen LogP contribution is -2.27. The number of amides is 1. The summed E-state index contributed by atoms with van der Waals surface area (Å²) in [5.41, 5.74) is 4.79. The normalized spacial score (nSPS) is 14.3. The Hall–Kier alpha value is -2.63. The average Bonchev–Trinajstić information content (AvgIpc) is 3.11. The second kappa shape index (κ2) is 6.47. The summed E-state index contributed by atoms with van der Waals surface area (Å²) in [6, 6.07) is 7.93. The molecule has 4 rings (SSSR count). The van der Waals surface area contributed by atoms with E-state index in [-0.39, 0.29) is 5.91 Å². The Kier molecular flexibility index (Phi) is 4.02. The second-order valence-electron chi connectivity index (χ2n) is 6.30. The molecule has 0 bridgehead atoms. The molecule has 1 aliphatic rings. The van der Waals surface area contributed by atoms with E-state index < -0.39 is 0 Å². The van der Waals surface area contributed by atoms with Gasteiger partial charge in [0.25, 0.3) is 5.91 Å². The lowest BCUT2D eigenvalue weighted by Gasteiger charge is -2.04. The van der Waals surface area contributed by atoms with Crippen LogP contribution in [-0.4, -0.2) is 32.6 Å². The van der Waals surface area contributed by atoms with Crippen molar-refractivity contribution in [3.63, 3.8) is 0 Å². The van der Waals surface area contributed by atoms with Crippen LogP contribution in [0, 0.1) is 0 Å². The van der Waals surface area contributed by atoms with Crippen molar-refractivity contribution >= 4 is 16.9 Å². The summed E-state index contributed by atoms with van der Waals surface area (Å²) < 4.78 is 0. The van der Waals surface area contributed by atoms with Gasteiger partial charge in [-0.3, -0.25) is 9.89 Å². The molecule has 1 amide bonds. The molecule has 6 nitrogen and oxygen atoms in total. The maximum absolute atomic E-state index is 12.4. The average molecular weight is 323 g/mol. The zero-order valence-corrected chi connectivity index (χ0v) is 13.6. The van der Waals surface area contributed by atoms with Crippen LogP contribution in [0.25, 0.3) is 11.0 Å². The quantitative estimate of drug-likeness (QED) is 0.645. The highest BCUT2D eigenvalue weighted by molar-refractivity contribution is 5.94. The molecule has 1 aliphatic carbocycles. The number of carbonyl (C=O) groups excluding carboxylic acids is 1. The summed E-state index contributed by atoms with van der Waals surface area (Å²) in [4.78, 5) is 20.2. The van der Waals surface area contributed by atoms with Crippen molar-refractivity contribution in [2.45, 2.75) is 38.5 Å². The van der Waals surface area contributed by atoms with E-state index in [4.69, 9.17) is 0 Å². The molecule has 2 aromatic heterocycles. The van der Waals surface area contributed by atoms with Crippen LogP contribution in [0.15, 0.2) is 24.3 Å². The molecule has 24 heavy (non-hydrogen) atoms. The van der Waals surface area contributed by atoms with E-state index in [0.29, 0.717) is 18.7 Å². The van der Waals surface area contributed by atoms with Crippen LogP contribution in [0.3, 0.4) is 0 Å². The first-order chi connectivity index (χ1) is 11.8. The number of carbonyl (C=O) groups is 1. The molecular weight excluding hydrogens is 302 g/mol. The van der Waals surface area contributed by atoms with Gasteiger partial charge < -0.3 is 10.3 Å². The molecular formula is C18H21N5O. The van der Waals surface area contributed by atoms with E-state index in [2.05, 4.69) is 25.5 Å². The monoisotopic (exact) mass is 323 g/mol. The smallest absolute Gasteiger partial charge is 0.272 e. The van der Waals surface area contributed by atoms with Crippen molar-refractivity contribution in [1.82, 2.24) is 25.5 Å². The Labute approximate surface area is 140 Å². The van der Waals surface area contributed by atoms with E-state index >= 15 is 0 Å². The summed E-state index contributed by atoms with van der Waals surface area (Å²) in [5.74, 6) is 0.794. The fraction of sp³-hybridized carbons (Fsp3) is 0.389. The number of imidazole rings is 1. The standard InChI is InChI=1S/C18H21N5O/c24-18(17-12-6-2-1-3-7-13(12)22-23-17)19-11-10-16-20-14-8-4-5-9-15(14)21-16/h4-5,8-9H,1-3,6-7,10-11H2,(H,19,24)(H,20,21)(H,22,23). The topological polar surface area (TPSA) is 86.5 Å². The summed E-state index contributed by atoms with van der Waals surface area (Å²) in [6.45, 7) is 0.542. The Morgan fingerprint density at radius 1 is 1.17 bits per heavy atom. The summed E-state index contributed by atoms with van der Waals surface area (Å²) in [6.07, 6.45) is 6.13. The van der Waals surface area contributed by atoms with Crippen LogP contribution >= 0.6 is 0 Å². The van der Waals surface area contributed by atoms with Crippen LogP contribution in [0.1, 0.15) is 46.8 Å². The molecule has 0 atom stereocenters. The summed E-state index contributed by atoms with van der Waals surface area (Å²) in [5, 5.41) is 10.2. The van der Waals surface area contributed by atoms with Gasteiger partial charge in [0.2, 0.25) is 0 Å². The first-order valence-corrected chi connectivity index (χ1v) is 8.59. The van der Waals surface area contributed by atoms with Gasteiger partial charge in [0.05, 0.1) is 11.0 Å². The number of rotatable bonds is 4. The van der Waals surface area contributed by atoms with Gasteiger partial charge in [-0.2, -0.15) is 5.10 Å². The van der Waals surface area contributed by atoms with Gasteiger partial charge in [0.15, 0.2) is 5.69 Å². The predicted octanol–water partition coefficient (Wildman–Crippen LogP) is 2.53. The number of aromatic nitrogens is 4. The lowest BCUT2D eigenvalue weighted by atomic mass is 10.1. The number of fused-ring (bicyclic) bond motifs is 2.